The molecule has 2 rings (SSSR count). The van der Waals surface area contributed by atoms with E-state index in [1.165, 1.54) is 11.2 Å². The number of likely N-dealkylation sites (tertiary alicyclic amines) is 1. The maximum atomic E-state index is 12.3. The Morgan fingerprint density at radius 2 is 2.20 bits per heavy atom. The average molecular weight is 310 g/mol. The van der Waals surface area contributed by atoms with Crippen LogP contribution in [0.4, 0.5) is 24.8 Å². The largest absolute Gasteiger partial charge is 0.401 e. The van der Waals surface area contributed by atoms with Crippen molar-refractivity contribution in [2.24, 2.45) is 5.92 Å². The van der Waals surface area contributed by atoms with Crippen molar-refractivity contribution < 1.29 is 13.2 Å². The summed E-state index contributed by atoms with van der Waals surface area (Å²) in [5.74, 6) is 0.715. The van der Waals surface area contributed by atoms with Gasteiger partial charge >= 0.3 is 6.18 Å². The standard InChI is InChI=1S/C11H15ClF3N5/c12-8-9(16)18-6-19-10(8)17-3-7-1-2-20(4-7)5-11(13,14)15/h6-7H,1-5H2,(H3,16,17,18,19). The van der Waals surface area contributed by atoms with Gasteiger partial charge in [-0.25, -0.2) is 9.97 Å². The smallest absolute Gasteiger partial charge is 0.382 e. The van der Waals surface area contributed by atoms with E-state index in [9.17, 15) is 13.2 Å². The van der Waals surface area contributed by atoms with Crippen LogP contribution >= 0.6 is 11.6 Å². The zero-order valence-electron chi connectivity index (χ0n) is 10.6. The molecule has 0 aromatic carbocycles. The molecule has 5 nitrogen and oxygen atoms in total. The van der Waals surface area contributed by atoms with Crippen molar-refractivity contribution in [3.63, 3.8) is 0 Å². The minimum absolute atomic E-state index is 0.129. The van der Waals surface area contributed by atoms with Gasteiger partial charge in [0.1, 0.15) is 23.0 Å². The maximum absolute atomic E-state index is 12.3. The van der Waals surface area contributed by atoms with E-state index in [4.69, 9.17) is 17.3 Å². The van der Waals surface area contributed by atoms with Crippen LogP contribution < -0.4 is 11.1 Å². The van der Waals surface area contributed by atoms with Gasteiger partial charge in [0.2, 0.25) is 0 Å². The number of hydrogen-bond acceptors (Lipinski definition) is 5. The number of nitrogens with zero attached hydrogens (tertiary/aromatic N) is 3. The molecular weight excluding hydrogens is 295 g/mol. The van der Waals surface area contributed by atoms with Gasteiger partial charge < -0.3 is 11.1 Å². The molecule has 0 saturated carbocycles. The fraction of sp³-hybridized carbons (Fsp3) is 0.636. The van der Waals surface area contributed by atoms with E-state index >= 15 is 0 Å². The van der Waals surface area contributed by atoms with E-state index in [0.29, 0.717) is 31.9 Å². The van der Waals surface area contributed by atoms with Crippen LogP contribution in [0.1, 0.15) is 6.42 Å². The highest BCUT2D eigenvalue weighted by molar-refractivity contribution is 6.35. The van der Waals surface area contributed by atoms with Gasteiger partial charge in [0.05, 0.1) is 6.54 Å². The highest BCUT2D eigenvalue weighted by atomic mass is 35.5. The van der Waals surface area contributed by atoms with Crippen molar-refractivity contribution in [2.45, 2.75) is 12.6 Å². The second-order valence-corrected chi connectivity index (χ2v) is 5.19. The average Bonchev–Trinajstić information content (AvgIpc) is 2.76. The molecule has 9 heteroatoms. The predicted molar refractivity (Wildman–Crippen MR) is 70.5 cm³/mol. The van der Waals surface area contributed by atoms with Crippen molar-refractivity contribution in [1.29, 1.82) is 0 Å². The fourth-order valence-electron chi connectivity index (χ4n) is 2.22. The second kappa shape index (κ2) is 6.01. The lowest BCUT2D eigenvalue weighted by Crippen LogP contribution is -2.33. The number of hydrogen-bond donors (Lipinski definition) is 2. The molecule has 1 unspecified atom stereocenters. The predicted octanol–water partition coefficient (Wildman–Crippen LogP) is 2.01. The van der Waals surface area contributed by atoms with E-state index in [1.54, 1.807) is 0 Å². The molecular formula is C11H15ClF3N5. The van der Waals surface area contributed by atoms with Gasteiger partial charge in [0.15, 0.2) is 0 Å². The Morgan fingerprint density at radius 3 is 2.90 bits per heavy atom. The number of rotatable bonds is 4. The summed E-state index contributed by atoms with van der Waals surface area (Å²) >= 11 is 5.92. The molecule has 0 bridgehead atoms. The molecule has 1 fully saturated rings. The highest BCUT2D eigenvalue weighted by Gasteiger charge is 2.34. The third-order valence-electron chi connectivity index (χ3n) is 3.15. The van der Waals surface area contributed by atoms with Gasteiger partial charge in [-0.05, 0) is 18.9 Å². The Morgan fingerprint density at radius 1 is 1.45 bits per heavy atom. The molecule has 1 saturated heterocycles. The highest BCUT2D eigenvalue weighted by Crippen LogP contribution is 2.26. The first-order valence-electron chi connectivity index (χ1n) is 6.14. The molecule has 0 aliphatic carbocycles. The minimum Gasteiger partial charge on any atom is -0.382 e. The third-order valence-corrected chi connectivity index (χ3v) is 3.52. The van der Waals surface area contributed by atoms with Gasteiger partial charge in [-0.3, -0.25) is 4.90 Å². The minimum atomic E-state index is -4.15. The normalized spacial score (nSPS) is 20.3. The first-order chi connectivity index (χ1) is 9.35. The van der Waals surface area contributed by atoms with Crippen LogP contribution in [0, 0.1) is 5.92 Å². The Balaban J connectivity index is 1.83. The molecule has 1 aliphatic heterocycles. The van der Waals surface area contributed by atoms with Crippen LogP contribution in [-0.2, 0) is 0 Å². The number of anilines is 2. The lowest BCUT2D eigenvalue weighted by Gasteiger charge is -2.18. The monoisotopic (exact) mass is 309 g/mol. The van der Waals surface area contributed by atoms with E-state index in [0.717, 1.165) is 0 Å². The summed E-state index contributed by atoms with van der Waals surface area (Å²) in [6, 6.07) is 0. The summed E-state index contributed by atoms with van der Waals surface area (Å²) < 4.78 is 36.8. The first kappa shape index (κ1) is 15.1. The van der Waals surface area contributed by atoms with Gasteiger partial charge in [-0.2, -0.15) is 13.2 Å². The van der Waals surface area contributed by atoms with Crippen LogP contribution in [0.5, 0.6) is 0 Å². The van der Waals surface area contributed by atoms with Crippen molar-refractivity contribution in [2.75, 3.05) is 37.2 Å². The van der Waals surface area contributed by atoms with Crippen LogP contribution in [0.3, 0.4) is 0 Å². The summed E-state index contributed by atoms with van der Waals surface area (Å²) in [7, 11) is 0. The quantitative estimate of drug-likeness (QED) is 0.890. The van der Waals surface area contributed by atoms with Crippen molar-refractivity contribution in [3.8, 4) is 0 Å². The first-order valence-corrected chi connectivity index (χ1v) is 6.52. The molecule has 3 N–H and O–H groups in total. The summed E-state index contributed by atoms with van der Waals surface area (Å²) in [5, 5.41) is 3.24. The Kier molecular flexibility index (Phi) is 4.54. The number of nitrogens with two attached hydrogens (primary N) is 1. The van der Waals surface area contributed by atoms with Crippen molar-refractivity contribution >= 4 is 23.2 Å². The Bertz CT molecular complexity index is 468. The molecule has 1 aromatic rings. The topological polar surface area (TPSA) is 67.1 Å². The van der Waals surface area contributed by atoms with E-state index in [2.05, 4.69) is 15.3 Å². The molecule has 20 heavy (non-hydrogen) atoms. The third kappa shape index (κ3) is 4.11. The molecule has 112 valence electrons. The number of nitrogen functional groups attached to an aromatic ring is 1. The molecule has 0 radical (unpaired) electrons. The van der Waals surface area contributed by atoms with E-state index in [1.807, 2.05) is 0 Å². The Labute approximate surface area is 119 Å². The molecule has 1 aliphatic rings. The summed E-state index contributed by atoms with van der Waals surface area (Å²) in [5.41, 5.74) is 5.54. The summed E-state index contributed by atoms with van der Waals surface area (Å²) in [4.78, 5) is 9.09. The van der Waals surface area contributed by atoms with E-state index < -0.39 is 12.7 Å². The SMILES string of the molecule is Nc1ncnc(NCC2CCN(CC(F)(F)F)C2)c1Cl. The number of aromatic nitrogens is 2. The number of alkyl halides is 3. The van der Waals surface area contributed by atoms with Gasteiger partial charge in [-0.1, -0.05) is 11.6 Å². The lowest BCUT2D eigenvalue weighted by molar-refractivity contribution is -0.143. The second-order valence-electron chi connectivity index (χ2n) is 4.81. The van der Waals surface area contributed by atoms with Crippen LogP contribution in [-0.4, -0.2) is 47.2 Å². The Hall–Kier alpha value is -1.28. The molecule has 0 spiro atoms. The number of nitrogens with one attached hydrogen (secondary N) is 1. The van der Waals surface area contributed by atoms with Crippen LogP contribution in [0.15, 0.2) is 6.33 Å². The van der Waals surface area contributed by atoms with E-state index in [-0.39, 0.29) is 16.8 Å². The molecule has 0 amide bonds. The summed E-state index contributed by atoms with van der Waals surface area (Å²) in [6.07, 6.45) is -2.15. The molecule has 1 atom stereocenters. The zero-order valence-corrected chi connectivity index (χ0v) is 11.4. The van der Waals surface area contributed by atoms with Gasteiger partial charge in [0.25, 0.3) is 0 Å². The van der Waals surface area contributed by atoms with Crippen LogP contribution in [0.25, 0.3) is 0 Å². The number of halogens is 4. The molecule has 2 heterocycles. The lowest BCUT2D eigenvalue weighted by atomic mass is 10.1. The van der Waals surface area contributed by atoms with Crippen molar-refractivity contribution in [1.82, 2.24) is 14.9 Å². The summed E-state index contributed by atoms with van der Waals surface area (Å²) in [6.45, 7) is 0.505. The zero-order chi connectivity index (χ0) is 14.8. The fourth-order valence-corrected chi connectivity index (χ4v) is 2.39. The molecule has 1 aromatic heterocycles. The van der Waals surface area contributed by atoms with Crippen molar-refractivity contribution in [3.05, 3.63) is 11.3 Å². The maximum Gasteiger partial charge on any atom is 0.401 e. The van der Waals surface area contributed by atoms with Crippen LogP contribution in [0.2, 0.25) is 5.02 Å². The van der Waals surface area contributed by atoms with Gasteiger partial charge in [-0.15, -0.1) is 0 Å². The van der Waals surface area contributed by atoms with Gasteiger partial charge in [0, 0.05) is 13.1 Å².